The maximum absolute atomic E-state index is 10.4. The number of fused-ring (bicyclic) bond motifs is 2. The molecule has 3 rings (SSSR count). The van der Waals surface area contributed by atoms with Gasteiger partial charge in [-0.05, 0) is 28.8 Å². The lowest BCUT2D eigenvalue weighted by molar-refractivity contribution is -0.139. The molecule has 122 valence electrons. The van der Waals surface area contributed by atoms with Crippen molar-refractivity contribution in [3.05, 3.63) is 65.3 Å². The van der Waals surface area contributed by atoms with Gasteiger partial charge in [0, 0.05) is 5.92 Å². The first-order valence-corrected chi connectivity index (χ1v) is 7.01. The van der Waals surface area contributed by atoms with E-state index in [-0.39, 0.29) is 6.61 Å². The summed E-state index contributed by atoms with van der Waals surface area (Å²) in [6.07, 6.45) is 8.54. The number of carboxylic acid groups (broad SMARTS) is 1. The zero-order chi connectivity index (χ0) is 16.7. The van der Waals surface area contributed by atoms with Crippen LogP contribution in [-0.4, -0.2) is 31.9 Å². The van der Waals surface area contributed by atoms with E-state index in [2.05, 4.69) is 39.6 Å². The molecule has 0 spiro atoms. The van der Waals surface area contributed by atoms with Crippen LogP contribution in [0.25, 0.3) is 0 Å². The first-order chi connectivity index (χ1) is 11.2. The number of ether oxygens (including phenoxy) is 1. The highest BCUT2D eigenvalue weighted by Crippen LogP contribution is 2.42. The number of hydrogen-bond donors (Lipinski definition) is 2. The first-order valence-electron chi connectivity index (χ1n) is 7.01. The molecule has 2 N–H and O–H groups in total. The second kappa shape index (κ2) is 8.28. The van der Waals surface area contributed by atoms with Crippen molar-refractivity contribution in [1.82, 2.24) is 5.64 Å². The quantitative estimate of drug-likeness (QED) is 0.785. The van der Waals surface area contributed by atoms with Crippen LogP contribution in [-0.2, 0) is 14.5 Å². The van der Waals surface area contributed by atoms with Gasteiger partial charge in [-0.2, -0.15) is 0 Å². The third kappa shape index (κ3) is 4.53. The van der Waals surface area contributed by atoms with Gasteiger partial charge in [0.05, 0.1) is 14.2 Å². The van der Waals surface area contributed by atoms with E-state index in [1.165, 1.54) is 30.9 Å². The van der Waals surface area contributed by atoms with Gasteiger partial charge in [0.15, 0.2) is 6.61 Å². The molecule has 0 saturated heterocycles. The fourth-order valence-electron chi connectivity index (χ4n) is 2.44. The van der Waals surface area contributed by atoms with E-state index in [1.807, 2.05) is 24.3 Å². The second-order valence-electron chi connectivity index (χ2n) is 4.84. The summed E-state index contributed by atoms with van der Waals surface area (Å²) in [5.41, 5.74) is 5.94. The molecule has 1 aromatic rings. The fourth-order valence-corrected chi connectivity index (χ4v) is 2.44. The molecule has 0 saturated carbocycles. The van der Waals surface area contributed by atoms with Gasteiger partial charge in [0.1, 0.15) is 5.75 Å². The topological polar surface area (TPSA) is 77.0 Å². The smallest absolute Gasteiger partial charge is 0.341 e. The molecule has 0 heterocycles. The lowest BCUT2D eigenvalue weighted by atomic mass is 9.93. The lowest BCUT2D eigenvalue weighted by Crippen LogP contribution is -2.09. The van der Waals surface area contributed by atoms with Crippen LogP contribution < -0.4 is 10.4 Å². The number of benzene rings is 1. The van der Waals surface area contributed by atoms with Gasteiger partial charge in [0.2, 0.25) is 0 Å². The number of rotatable bonds is 6. The van der Waals surface area contributed by atoms with Crippen molar-refractivity contribution in [1.29, 1.82) is 0 Å². The molecular weight excluding hydrogens is 298 g/mol. The molecule has 0 radical (unpaired) electrons. The Bertz CT molecular complexity index is 607. The lowest BCUT2D eigenvalue weighted by Gasteiger charge is -2.12. The standard InChI is InChI=1S/C15H12O3.C2H7NO2/c16-14(17)9-18-13-7-5-12(6-8-13)15-10-1-2-11(15)4-3-10;1-4-3-5-2/h1-8,15H,9H2,(H,16,17);3H,1-2H3. The second-order valence-corrected chi connectivity index (χ2v) is 4.84. The van der Waals surface area contributed by atoms with Gasteiger partial charge < -0.3 is 9.84 Å². The number of aliphatic carboxylic acids is 1. The van der Waals surface area contributed by atoms with E-state index < -0.39 is 5.97 Å². The van der Waals surface area contributed by atoms with Crippen molar-refractivity contribution in [3.63, 3.8) is 0 Å². The minimum Gasteiger partial charge on any atom is -0.482 e. The summed E-state index contributed by atoms with van der Waals surface area (Å²) in [5, 5.41) is 8.53. The third-order valence-corrected chi connectivity index (χ3v) is 3.35. The summed E-state index contributed by atoms with van der Waals surface area (Å²) in [4.78, 5) is 18.8. The Labute approximate surface area is 134 Å². The molecule has 0 unspecified atom stereocenters. The van der Waals surface area contributed by atoms with E-state index in [0.717, 1.165) is 0 Å². The van der Waals surface area contributed by atoms with Gasteiger partial charge >= 0.3 is 5.97 Å². The number of carboxylic acids is 1. The SMILES string of the molecule is CONOC.O=C(O)COc1ccc(C2C3=CC=C2C=C3)cc1. The Morgan fingerprint density at radius 3 is 2.04 bits per heavy atom. The van der Waals surface area contributed by atoms with Crippen molar-refractivity contribution in [3.8, 4) is 5.75 Å². The Kier molecular flexibility index (Phi) is 6.10. The van der Waals surface area contributed by atoms with Gasteiger partial charge in [-0.1, -0.05) is 42.1 Å². The van der Waals surface area contributed by atoms with E-state index in [4.69, 9.17) is 9.84 Å². The van der Waals surface area contributed by atoms with E-state index >= 15 is 0 Å². The van der Waals surface area contributed by atoms with Crippen molar-refractivity contribution < 1.29 is 24.3 Å². The molecule has 6 nitrogen and oxygen atoms in total. The monoisotopic (exact) mass is 317 g/mol. The van der Waals surface area contributed by atoms with E-state index in [9.17, 15) is 4.79 Å². The van der Waals surface area contributed by atoms with E-state index in [1.54, 1.807) is 0 Å². The summed E-state index contributed by atoms with van der Waals surface area (Å²) in [6.45, 7) is -0.305. The summed E-state index contributed by atoms with van der Waals surface area (Å²) in [7, 11) is 2.95. The molecule has 2 bridgehead atoms. The highest BCUT2D eigenvalue weighted by molar-refractivity contribution is 5.68. The Balaban J connectivity index is 0.000000338. The third-order valence-electron chi connectivity index (χ3n) is 3.35. The van der Waals surface area contributed by atoms with Crippen LogP contribution in [0.15, 0.2) is 59.7 Å². The maximum Gasteiger partial charge on any atom is 0.341 e. The highest BCUT2D eigenvalue weighted by atomic mass is 16.9. The molecule has 23 heavy (non-hydrogen) atoms. The van der Waals surface area contributed by atoms with Crippen molar-refractivity contribution in [2.24, 2.45) is 0 Å². The van der Waals surface area contributed by atoms with Crippen molar-refractivity contribution in [2.45, 2.75) is 5.92 Å². The molecule has 2 aliphatic rings. The average molecular weight is 317 g/mol. The van der Waals surface area contributed by atoms with Crippen molar-refractivity contribution >= 4 is 5.97 Å². The minimum atomic E-state index is -0.965. The number of allylic oxidation sites excluding steroid dienone is 6. The highest BCUT2D eigenvalue weighted by Gasteiger charge is 2.25. The zero-order valence-electron chi connectivity index (χ0n) is 13.0. The van der Waals surface area contributed by atoms with Crippen molar-refractivity contribution in [2.75, 3.05) is 20.8 Å². The largest absolute Gasteiger partial charge is 0.482 e. The molecule has 0 amide bonds. The summed E-state index contributed by atoms with van der Waals surface area (Å²) < 4.78 is 5.11. The summed E-state index contributed by atoms with van der Waals surface area (Å²) in [6, 6.07) is 7.61. The van der Waals surface area contributed by atoms with Crippen LogP contribution in [0.4, 0.5) is 0 Å². The molecule has 6 heteroatoms. The van der Waals surface area contributed by atoms with Gasteiger partial charge in [-0.25, -0.2) is 4.79 Å². The Morgan fingerprint density at radius 2 is 1.65 bits per heavy atom. The normalized spacial score (nSPS) is 14.9. The molecule has 0 aromatic heterocycles. The first kappa shape index (κ1) is 17.0. The molecule has 0 fully saturated rings. The van der Waals surface area contributed by atoms with Crippen LogP contribution in [0, 0.1) is 0 Å². The van der Waals surface area contributed by atoms with Crippen LogP contribution >= 0.6 is 0 Å². The predicted molar refractivity (Wildman–Crippen MR) is 84.8 cm³/mol. The van der Waals surface area contributed by atoms with Crippen LogP contribution in [0.3, 0.4) is 0 Å². The number of carbonyl (C=O) groups is 1. The van der Waals surface area contributed by atoms with Gasteiger partial charge in [-0.15, -0.1) is 0 Å². The number of nitrogens with one attached hydrogen (secondary N) is 1. The minimum absolute atomic E-state index is 0.305. The molecule has 1 aromatic carbocycles. The van der Waals surface area contributed by atoms with Gasteiger partial charge in [0.25, 0.3) is 0 Å². The van der Waals surface area contributed by atoms with Crippen LogP contribution in [0.5, 0.6) is 5.75 Å². The molecule has 2 aliphatic carbocycles. The number of hydrogen-bond acceptors (Lipinski definition) is 5. The summed E-state index contributed by atoms with van der Waals surface area (Å²) >= 11 is 0. The fraction of sp³-hybridized carbons (Fsp3) is 0.235. The maximum atomic E-state index is 10.4. The summed E-state index contributed by atoms with van der Waals surface area (Å²) in [5.74, 6) is -0.0339. The zero-order valence-corrected chi connectivity index (χ0v) is 13.0. The van der Waals surface area contributed by atoms with Crippen LogP contribution in [0.1, 0.15) is 11.5 Å². The Morgan fingerprint density at radius 1 is 1.09 bits per heavy atom. The Hall–Kier alpha value is -2.41. The average Bonchev–Trinajstić information content (AvgIpc) is 3.15. The molecule has 0 aliphatic heterocycles. The molecule has 0 atom stereocenters. The van der Waals surface area contributed by atoms with Crippen LogP contribution in [0.2, 0.25) is 0 Å². The van der Waals surface area contributed by atoms with E-state index in [0.29, 0.717) is 11.7 Å². The molecular formula is C17H19NO5. The van der Waals surface area contributed by atoms with Gasteiger partial charge in [-0.3, -0.25) is 9.68 Å². The predicted octanol–water partition coefficient (Wildman–Crippen LogP) is 2.37.